The predicted molar refractivity (Wildman–Crippen MR) is 107 cm³/mol. The van der Waals surface area contributed by atoms with Crippen LogP contribution in [0.3, 0.4) is 0 Å². The normalized spacial score (nSPS) is 18.8. The van der Waals surface area contributed by atoms with E-state index in [2.05, 4.69) is 25.6 Å². The van der Waals surface area contributed by atoms with E-state index in [9.17, 15) is 17.6 Å². The summed E-state index contributed by atoms with van der Waals surface area (Å²) in [5, 5.41) is 6.69. The van der Waals surface area contributed by atoms with Gasteiger partial charge in [0, 0.05) is 42.6 Å². The van der Waals surface area contributed by atoms with Crippen LogP contribution in [0.2, 0.25) is 0 Å². The molecule has 3 aromatic rings. The van der Waals surface area contributed by atoms with Crippen molar-refractivity contribution in [2.24, 2.45) is 0 Å². The van der Waals surface area contributed by atoms with Gasteiger partial charge >= 0.3 is 6.18 Å². The maximum absolute atomic E-state index is 13.9. The first-order chi connectivity index (χ1) is 12.9. The molecule has 0 aliphatic carbocycles. The summed E-state index contributed by atoms with van der Waals surface area (Å²) in [4.78, 5) is 12.6. The van der Waals surface area contributed by atoms with Crippen LogP contribution in [0.1, 0.15) is 5.56 Å². The minimum absolute atomic E-state index is 0. The molecule has 4 rings (SSSR count). The van der Waals surface area contributed by atoms with Gasteiger partial charge in [0.05, 0.1) is 22.8 Å². The van der Waals surface area contributed by atoms with Gasteiger partial charge in [-0.05, 0) is 24.3 Å². The molecule has 1 aliphatic rings. The second kappa shape index (κ2) is 9.06. The largest absolute Gasteiger partial charge is 0.417 e. The highest BCUT2D eigenvalue weighted by atomic mass is 35.5. The standard InChI is InChI=1S/C18H15F4N5.2ClH/c19-13-8-23-9-15(13)27-17-11-2-1-5-24-16(11)12(7-26-17)14-4-3-10(6-25-14)18(20,21)22;;/h1-7,13,15,23H,8-9H2,(H,26,27);2*1H/t13-,15+;;/m0../s1. The fourth-order valence-corrected chi connectivity index (χ4v) is 3.06. The summed E-state index contributed by atoms with van der Waals surface area (Å²) >= 11 is 0. The Morgan fingerprint density at radius 2 is 1.79 bits per heavy atom. The van der Waals surface area contributed by atoms with E-state index in [4.69, 9.17) is 0 Å². The quantitative estimate of drug-likeness (QED) is 0.584. The number of fused-ring (bicyclic) bond motifs is 1. The van der Waals surface area contributed by atoms with Crippen molar-refractivity contribution in [1.29, 1.82) is 0 Å². The van der Waals surface area contributed by atoms with Gasteiger partial charge in [-0.15, -0.1) is 24.8 Å². The SMILES string of the molecule is Cl.Cl.F[C@H]1CNC[C@H]1Nc1ncc(-c2ccc(C(F)(F)F)cn2)c2ncccc12. The molecule has 2 atom stereocenters. The minimum Gasteiger partial charge on any atom is -0.363 e. The summed E-state index contributed by atoms with van der Waals surface area (Å²) in [6.45, 7) is 0.758. The van der Waals surface area contributed by atoms with Gasteiger partial charge in [-0.2, -0.15) is 13.2 Å². The molecule has 29 heavy (non-hydrogen) atoms. The number of nitrogens with one attached hydrogen (secondary N) is 2. The number of nitrogens with zero attached hydrogens (tertiary/aromatic N) is 3. The van der Waals surface area contributed by atoms with E-state index in [0.29, 0.717) is 34.5 Å². The third kappa shape index (κ3) is 4.68. The Morgan fingerprint density at radius 3 is 2.41 bits per heavy atom. The van der Waals surface area contributed by atoms with Crippen molar-refractivity contribution in [2.45, 2.75) is 18.4 Å². The van der Waals surface area contributed by atoms with Gasteiger partial charge in [0.2, 0.25) is 0 Å². The number of hydrogen-bond donors (Lipinski definition) is 2. The number of anilines is 1. The molecule has 5 nitrogen and oxygen atoms in total. The summed E-state index contributed by atoms with van der Waals surface area (Å²) in [7, 11) is 0. The fraction of sp³-hybridized carbons (Fsp3) is 0.278. The first-order valence-corrected chi connectivity index (χ1v) is 8.32. The molecular weight excluding hydrogens is 433 g/mol. The van der Waals surface area contributed by atoms with Crippen LogP contribution in [0.15, 0.2) is 42.9 Å². The van der Waals surface area contributed by atoms with Crippen LogP contribution in [0.25, 0.3) is 22.2 Å². The highest BCUT2D eigenvalue weighted by Gasteiger charge is 2.31. The van der Waals surface area contributed by atoms with E-state index >= 15 is 0 Å². The zero-order chi connectivity index (χ0) is 19.0. The Balaban J connectivity index is 0.00000150. The predicted octanol–water partition coefficient (Wildman–Crippen LogP) is 4.28. The molecule has 0 amide bonds. The number of halogens is 6. The van der Waals surface area contributed by atoms with Gasteiger partial charge in [0.15, 0.2) is 0 Å². The Hall–Kier alpha value is -2.23. The van der Waals surface area contributed by atoms with E-state index in [0.717, 1.165) is 12.3 Å². The summed E-state index contributed by atoms with van der Waals surface area (Å²) in [6.07, 6.45) is -1.63. The van der Waals surface area contributed by atoms with Crippen LogP contribution in [0.5, 0.6) is 0 Å². The molecule has 156 valence electrons. The van der Waals surface area contributed by atoms with Crippen molar-refractivity contribution >= 4 is 41.5 Å². The van der Waals surface area contributed by atoms with Gasteiger partial charge in [0.25, 0.3) is 0 Å². The van der Waals surface area contributed by atoms with Crippen LogP contribution in [0.4, 0.5) is 23.4 Å². The maximum atomic E-state index is 13.9. The second-order valence-electron chi connectivity index (χ2n) is 6.27. The van der Waals surface area contributed by atoms with Gasteiger partial charge in [-0.1, -0.05) is 0 Å². The molecule has 4 heterocycles. The molecule has 3 aromatic heterocycles. The number of rotatable bonds is 3. The van der Waals surface area contributed by atoms with E-state index in [1.807, 2.05) is 0 Å². The van der Waals surface area contributed by atoms with Gasteiger partial charge < -0.3 is 10.6 Å². The molecule has 0 aromatic carbocycles. The Kier molecular flexibility index (Phi) is 7.20. The minimum atomic E-state index is -4.45. The lowest BCUT2D eigenvalue weighted by molar-refractivity contribution is -0.137. The topological polar surface area (TPSA) is 62.7 Å². The average Bonchev–Trinajstić information content (AvgIpc) is 3.06. The van der Waals surface area contributed by atoms with Crippen molar-refractivity contribution in [3.05, 3.63) is 48.4 Å². The molecule has 11 heteroatoms. The summed E-state index contributed by atoms with van der Waals surface area (Å²) in [5.41, 5.74) is 0.545. The van der Waals surface area contributed by atoms with E-state index in [-0.39, 0.29) is 31.4 Å². The van der Waals surface area contributed by atoms with Crippen molar-refractivity contribution in [3.8, 4) is 11.3 Å². The molecule has 0 bridgehead atoms. The number of hydrogen-bond acceptors (Lipinski definition) is 5. The summed E-state index contributed by atoms with van der Waals surface area (Å²) in [6, 6.07) is 5.36. The van der Waals surface area contributed by atoms with Crippen molar-refractivity contribution in [2.75, 3.05) is 18.4 Å². The van der Waals surface area contributed by atoms with Crippen LogP contribution in [-0.2, 0) is 6.18 Å². The lowest BCUT2D eigenvalue weighted by Crippen LogP contribution is -2.29. The third-order valence-electron chi connectivity index (χ3n) is 4.47. The van der Waals surface area contributed by atoms with E-state index in [1.165, 1.54) is 12.3 Å². The molecule has 1 fully saturated rings. The third-order valence-corrected chi connectivity index (χ3v) is 4.47. The van der Waals surface area contributed by atoms with Crippen molar-refractivity contribution in [1.82, 2.24) is 20.3 Å². The molecule has 0 unspecified atom stereocenters. The molecule has 0 radical (unpaired) electrons. The van der Waals surface area contributed by atoms with Crippen LogP contribution < -0.4 is 10.6 Å². The molecule has 0 spiro atoms. The highest BCUT2D eigenvalue weighted by molar-refractivity contribution is 5.98. The van der Waals surface area contributed by atoms with Gasteiger partial charge in [-0.25, -0.2) is 9.37 Å². The number of alkyl halides is 4. The van der Waals surface area contributed by atoms with E-state index in [1.54, 1.807) is 18.3 Å². The second-order valence-corrected chi connectivity index (χ2v) is 6.27. The van der Waals surface area contributed by atoms with Crippen LogP contribution in [-0.4, -0.2) is 40.3 Å². The maximum Gasteiger partial charge on any atom is 0.417 e. The van der Waals surface area contributed by atoms with Crippen LogP contribution in [0, 0.1) is 0 Å². The zero-order valence-electron chi connectivity index (χ0n) is 14.8. The van der Waals surface area contributed by atoms with Crippen LogP contribution >= 0.6 is 24.8 Å². The van der Waals surface area contributed by atoms with Gasteiger partial charge in [-0.3, -0.25) is 9.97 Å². The van der Waals surface area contributed by atoms with E-state index < -0.39 is 24.0 Å². The zero-order valence-corrected chi connectivity index (χ0v) is 16.4. The lowest BCUT2D eigenvalue weighted by atomic mass is 10.1. The highest BCUT2D eigenvalue weighted by Crippen LogP contribution is 2.32. The average molecular weight is 450 g/mol. The van der Waals surface area contributed by atoms with Gasteiger partial charge in [0.1, 0.15) is 12.0 Å². The fourth-order valence-electron chi connectivity index (χ4n) is 3.06. The molecular formula is C18H17Cl2F4N5. The first kappa shape index (κ1) is 23.1. The monoisotopic (exact) mass is 449 g/mol. The summed E-state index contributed by atoms with van der Waals surface area (Å²) < 4.78 is 52.1. The van der Waals surface area contributed by atoms with Crippen molar-refractivity contribution in [3.63, 3.8) is 0 Å². The Labute approximate surface area is 176 Å². The Bertz CT molecular complexity index is 969. The molecule has 0 saturated carbocycles. The lowest BCUT2D eigenvalue weighted by Gasteiger charge is -2.17. The first-order valence-electron chi connectivity index (χ1n) is 8.32. The number of aromatic nitrogens is 3. The molecule has 1 aliphatic heterocycles. The molecule has 1 saturated heterocycles. The van der Waals surface area contributed by atoms with Crippen molar-refractivity contribution < 1.29 is 17.6 Å². The molecule has 2 N–H and O–H groups in total. The number of pyridine rings is 3. The smallest absolute Gasteiger partial charge is 0.363 e. The Morgan fingerprint density at radius 1 is 1.00 bits per heavy atom. The summed E-state index contributed by atoms with van der Waals surface area (Å²) in [5.74, 6) is 0.477.